The monoisotopic (exact) mass is 322 g/mol. The second-order valence-corrected chi connectivity index (χ2v) is 6.38. The van der Waals surface area contributed by atoms with Gasteiger partial charge in [0.1, 0.15) is 0 Å². The Hall–Kier alpha value is -2.89. The van der Waals surface area contributed by atoms with E-state index in [0.717, 1.165) is 35.9 Å². The maximum Gasteiger partial charge on any atom is 0.252 e. The Bertz CT molecular complexity index is 986. The van der Waals surface area contributed by atoms with Crippen molar-refractivity contribution >= 4 is 16.8 Å². The summed E-state index contributed by atoms with van der Waals surface area (Å²) in [4.78, 5) is 27.4. The summed E-state index contributed by atoms with van der Waals surface area (Å²) in [6.45, 7) is 1.97. The minimum absolute atomic E-state index is 0.0459. The number of hydrogen-bond donors (Lipinski definition) is 3. The van der Waals surface area contributed by atoms with E-state index in [9.17, 15) is 9.59 Å². The SMILES string of the molecule is Cc1ccc2[nH]c(=O)cc(C(=O)N[C@H]3CCc4cn[nH]c4C3)c2c1. The summed E-state index contributed by atoms with van der Waals surface area (Å²) in [6.07, 6.45) is 4.35. The molecule has 0 radical (unpaired) electrons. The number of H-pyrrole nitrogens is 2. The number of pyridine rings is 1. The van der Waals surface area contributed by atoms with E-state index in [1.807, 2.05) is 31.3 Å². The van der Waals surface area contributed by atoms with Gasteiger partial charge in [-0.2, -0.15) is 5.10 Å². The number of carbonyl (C=O) groups is 1. The number of aryl methyl sites for hydroxylation is 2. The van der Waals surface area contributed by atoms with Crippen LogP contribution >= 0.6 is 0 Å². The van der Waals surface area contributed by atoms with Gasteiger partial charge in [0.25, 0.3) is 5.91 Å². The lowest BCUT2D eigenvalue weighted by atomic mass is 9.93. The van der Waals surface area contributed by atoms with Crippen molar-refractivity contribution in [2.24, 2.45) is 0 Å². The number of rotatable bonds is 2. The number of aromatic nitrogens is 3. The first-order chi connectivity index (χ1) is 11.6. The molecule has 0 fully saturated rings. The highest BCUT2D eigenvalue weighted by atomic mass is 16.2. The van der Waals surface area contributed by atoms with Crippen LogP contribution in [0.3, 0.4) is 0 Å². The molecule has 6 heteroatoms. The Morgan fingerprint density at radius 3 is 3.08 bits per heavy atom. The van der Waals surface area contributed by atoms with Crippen molar-refractivity contribution in [3.63, 3.8) is 0 Å². The van der Waals surface area contributed by atoms with E-state index in [1.165, 1.54) is 11.6 Å². The summed E-state index contributed by atoms with van der Waals surface area (Å²) in [5.41, 5.74) is 4.18. The van der Waals surface area contributed by atoms with Crippen LogP contribution in [0.4, 0.5) is 0 Å². The van der Waals surface area contributed by atoms with E-state index in [2.05, 4.69) is 20.5 Å². The molecule has 6 nitrogen and oxygen atoms in total. The van der Waals surface area contributed by atoms with E-state index in [4.69, 9.17) is 0 Å². The molecular formula is C18H18N4O2. The summed E-state index contributed by atoms with van der Waals surface area (Å²) >= 11 is 0. The van der Waals surface area contributed by atoms with Crippen molar-refractivity contribution in [2.45, 2.75) is 32.2 Å². The standard InChI is InChI=1S/C18H18N4O2/c1-10-2-5-15-13(6-10)14(8-17(23)21-15)18(24)20-12-4-3-11-9-19-22-16(11)7-12/h2,5-6,8-9,12H,3-4,7H2,1H3,(H,19,22)(H,20,24)(H,21,23)/t12-/m0/s1. The molecule has 0 saturated heterocycles. The maximum absolute atomic E-state index is 12.8. The molecule has 2 heterocycles. The second kappa shape index (κ2) is 5.63. The molecule has 3 N–H and O–H groups in total. The third kappa shape index (κ3) is 2.60. The summed E-state index contributed by atoms with van der Waals surface area (Å²) in [5, 5.41) is 10.9. The average molecular weight is 322 g/mol. The molecule has 0 saturated carbocycles. The molecule has 1 amide bonds. The average Bonchev–Trinajstić information content (AvgIpc) is 3.02. The van der Waals surface area contributed by atoms with Gasteiger partial charge in [-0.15, -0.1) is 0 Å². The number of amides is 1. The van der Waals surface area contributed by atoms with Crippen molar-refractivity contribution in [3.05, 3.63) is 63.2 Å². The summed E-state index contributed by atoms with van der Waals surface area (Å²) in [6, 6.07) is 7.10. The van der Waals surface area contributed by atoms with Crippen LogP contribution in [0.1, 0.15) is 33.6 Å². The van der Waals surface area contributed by atoms with Crippen molar-refractivity contribution in [2.75, 3.05) is 0 Å². The smallest absolute Gasteiger partial charge is 0.252 e. The van der Waals surface area contributed by atoms with E-state index in [1.54, 1.807) is 0 Å². The molecule has 4 rings (SSSR count). The Morgan fingerprint density at radius 2 is 2.21 bits per heavy atom. The quantitative estimate of drug-likeness (QED) is 0.672. The molecule has 1 aliphatic rings. The van der Waals surface area contributed by atoms with E-state index in [-0.39, 0.29) is 17.5 Å². The van der Waals surface area contributed by atoms with Crippen molar-refractivity contribution in [1.29, 1.82) is 0 Å². The van der Waals surface area contributed by atoms with E-state index < -0.39 is 0 Å². The van der Waals surface area contributed by atoms with Crippen molar-refractivity contribution in [3.8, 4) is 0 Å². The van der Waals surface area contributed by atoms with Gasteiger partial charge in [-0.05, 0) is 37.5 Å². The van der Waals surface area contributed by atoms with Crippen molar-refractivity contribution < 1.29 is 4.79 Å². The number of nitrogens with one attached hydrogen (secondary N) is 3. The summed E-state index contributed by atoms with van der Waals surface area (Å²) < 4.78 is 0. The first kappa shape index (κ1) is 14.7. The highest BCUT2D eigenvalue weighted by molar-refractivity contribution is 6.06. The molecule has 122 valence electrons. The zero-order valence-corrected chi connectivity index (χ0v) is 13.3. The minimum atomic E-state index is -0.268. The molecule has 0 spiro atoms. The van der Waals surface area contributed by atoms with Gasteiger partial charge in [0.05, 0.1) is 11.8 Å². The molecule has 3 aromatic rings. The lowest BCUT2D eigenvalue weighted by Gasteiger charge is -2.23. The predicted octanol–water partition coefficient (Wildman–Crippen LogP) is 1.85. The number of aromatic amines is 2. The second-order valence-electron chi connectivity index (χ2n) is 6.38. The molecule has 2 aromatic heterocycles. The molecule has 1 atom stereocenters. The van der Waals surface area contributed by atoms with Gasteiger partial charge < -0.3 is 10.3 Å². The van der Waals surface area contributed by atoms with Crippen LogP contribution in [0.5, 0.6) is 0 Å². The van der Waals surface area contributed by atoms with Crippen LogP contribution in [0.25, 0.3) is 10.9 Å². The topological polar surface area (TPSA) is 90.6 Å². The number of benzene rings is 1. The largest absolute Gasteiger partial charge is 0.349 e. The summed E-state index contributed by atoms with van der Waals surface area (Å²) in [7, 11) is 0. The molecule has 24 heavy (non-hydrogen) atoms. The lowest BCUT2D eigenvalue weighted by Crippen LogP contribution is -2.39. The fourth-order valence-electron chi connectivity index (χ4n) is 3.35. The highest BCUT2D eigenvalue weighted by Gasteiger charge is 2.23. The van der Waals surface area contributed by atoms with Gasteiger partial charge in [-0.3, -0.25) is 14.7 Å². The zero-order valence-electron chi connectivity index (χ0n) is 13.3. The first-order valence-corrected chi connectivity index (χ1v) is 8.06. The van der Waals surface area contributed by atoms with Crippen LogP contribution in [-0.4, -0.2) is 27.1 Å². The van der Waals surface area contributed by atoms with Crippen LogP contribution in [0, 0.1) is 6.92 Å². The predicted molar refractivity (Wildman–Crippen MR) is 91.2 cm³/mol. The van der Waals surface area contributed by atoms with Crippen LogP contribution in [0.2, 0.25) is 0 Å². The van der Waals surface area contributed by atoms with Crippen LogP contribution in [0.15, 0.2) is 35.3 Å². The fourth-order valence-corrected chi connectivity index (χ4v) is 3.35. The fraction of sp³-hybridized carbons (Fsp3) is 0.278. The van der Waals surface area contributed by atoms with Gasteiger partial charge in [-0.25, -0.2) is 0 Å². The molecule has 1 aromatic carbocycles. The maximum atomic E-state index is 12.8. The molecule has 0 bridgehead atoms. The van der Waals surface area contributed by atoms with Crippen LogP contribution in [-0.2, 0) is 12.8 Å². The third-order valence-electron chi connectivity index (χ3n) is 4.60. The highest BCUT2D eigenvalue weighted by Crippen LogP contribution is 2.21. The molecule has 1 aliphatic carbocycles. The Balaban J connectivity index is 1.64. The number of hydrogen-bond acceptors (Lipinski definition) is 3. The van der Waals surface area contributed by atoms with Crippen molar-refractivity contribution in [1.82, 2.24) is 20.5 Å². The number of carbonyl (C=O) groups excluding carboxylic acids is 1. The first-order valence-electron chi connectivity index (χ1n) is 8.06. The van der Waals surface area contributed by atoms with Gasteiger partial charge in [0, 0.05) is 35.1 Å². The molecule has 0 aliphatic heterocycles. The van der Waals surface area contributed by atoms with Gasteiger partial charge in [-0.1, -0.05) is 11.6 Å². The number of nitrogens with zero attached hydrogens (tertiary/aromatic N) is 1. The lowest BCUT2D eigenvalue weighted by molar-refractivity contribution is 0.0935. The van der Waals surface area contributed by atoms with Gasteiger partial charge >= 0.3 is 0 Å². The normalized spacial score (nSPS) is 16.8. The van der Waals surface area contributed by atoms with Gasteiger partial charge in [0.2, 0.25) is 5.56 Å². The Morgan fingerprint density at radius 1 is 1.33 bits per heavy atom. The van der Waals surface area contributed by atoms with Crippen LogP contribution < -0.4 is 10.9 Å². The van der Waals surface area contributed by atoms with Gasteiger partial charge in [0.15, 0.2) is 0 Å². The Kier molecular flexibility index (Phi) is 3.45. The van der Waals surface area contributed by atoms with E-state index >= 15 is 0 Å². The minimum Gasteiger partial charge on any atom is -0.349 e. The Labute approximate surface area is 138 Å². The number of fused-ring (bicyclic) bond motifs is 2. The third-order valence-corrected chi connectivity index (χ3v) is 4.60. The molecular weight excluding hydrogens is 304 g/mol. The van der Waals surface area contributed by atoms with E-state index in [0.29, 0.717) is 11.1 Å². The zero-order chi connectivity index (χ0) is 16.7. The summed E-state index contributed by atoms with van der Waals surface area (Å²) in [5.74, 6) is -0.204. The molecule has 0 unspecified atom stereocenters.